The maximum atomic E-state index is 12.4. The van der Waals surface area contributed by atoms with E-state index in [1.54, 1.807) is 18.2 Å². The van der Waals surface area contributed by atoms with Crippen molar-refractivity contribution in [1.29, 1.82) is 5.26 Å². The molecule has 1 fully saturated rings. The fourth-order valence-electron chi connectivity index (χ4n) is 2.81. The summed E-state index contributed by atoms with van der Waals surface area (Å²) in [7, 11) is 0. The highest BCUT2D eigenvalue weighted by atomic mass is 35.5. The van der Waals surface area contributed by atoms with E-state index in [2.05, 4.69) is 16.4 Å². The van der Waals surface area contributed by atoms with Crippen LogP contribution in [0.2, 0.25) is 10.0 Å². The zero-order valence-electron chi connectivity index (χ0n) is 11.2. The Bertz CT molecular complexity index is 754. The van der Waals surface area contributed by atoms with Gasteiger partial charge in [0.2, 0.25) is 0 Å². The molecule has 0 saturated heterocycles. The third kappa shape index (κ3) is 2.48. The van der Waals surface area contributed by atoms with E-state index >= 15 is 0 Å². The second-order valence-electron chi connectivity index (χ2n) is 5.36. The first kappa shape index (κ1) is 14.2. The molecule has 0 atom stereocenters. The lowest BCUT2D eigenvalue weighted by atomic mass is 10.00. The van der Waals surface area contributed by atoms with E-state index in [0.717, 1.165) is 18.4 Å². The average Bonchev–Trinajstić information content (AvgIpc) is 3.05. The summed E-state index contributed by atoms with van der Waals surface area (Å²) in [4.78, 5) is 15.4. The van der Waals surface area contributed by atoms with Crippen LogP contribution >= 0.6 is 23.2 Å². The lowest BCUT2D eigenvalue weighted by Gasteiger charge is -2.21. The van der Waals surface area contributed by atoms with Crippen molar-refractivity contribution in [2.45, 2.75) is 31.2 Å². The van der Waals surface area contributed by atoms with Gasteiger partial charge >= 0.3 is 0 Å². The van der Waals surface area contributed by atoms with Crippen LogP contribution in [0.25, 0.3) is 10.9 Å². The van der Waals surface area contributed by atoms with Crippen LogP contribution in [0.4, 0.5) is 0 Å². The first-order valence-corrected chi connectivity index (χ1v) is 7.51. The highest BCUT2D eigenvalue weighted by Gasteiger charge is 2.36. The highest BCUT2D eigenvalue weighted by Crippen LogP contribution is 2.32. The lowest BCUT2D eigenvalue weighted by molar-refractivity contribution is 0.0916. The van der Waals surface area contributed by atoms with Crippen LogP contribution in [-0.2, 0) is 0 Å². The number of aromatic nitrogens is 1. The van der Waals surface area contributed by atoms with Crippen molar-refractivity contribution < 1.29 is 4.79 Å². The normalized spacial score (nSPS) is 16.8. The second kappa shape index (κ2) is 5.25. The number of benzene rings is 1. The first-order valence-electron chi connectivity index (χ1n) is 6.75. The summed E-state index contributed by atoms with van der Waals surface area (Å²) in [6.45, 7) is 0. The number of nitrogens with one attached hydrogen (secondary N) is 2. The largest absolute Gasteiger partial charge is 0.349 e. The molecule has 0 radical (unpaired) electrons. The van der Waals surface area contributed by atoms with Crippen LogP contribution in [-0.4, -0.2) is 16.4 Å². The minimum Gasteiger partial charge on any atom is -0.349 e. The number of hydrogen-bond donors (Lipinski definition) is 2. The van der Waals surface area contributed by atoms with Crippen molar-refractivity contribution in [2.75, 3.05) is 0 Å². The van der Waals surface area contributed by atoms with E-state index in [9.17, 15) is 10.1 Å². The van der Waals surface area contributed by atoms with Gasteiger partial charge in [-0.15, -0.1) is 0 Å². The topological polar surface area (TPSA) is 68.7 Å². The lowest BCUT2D eigenvalue weighted by Crippen LogP contribution is -2.45. The summed E-state index contributed by atoms with van der Waals surface area (Å²) in [5.74, 6) is -0.351. The molecule has 1 aromatic heterocycles. The predicted octanol–water partition coefficient (Wildman–Crippen LogP) is 4.04. The molecule has 1 saturated carbocycles. The molecule has 108 valence electrons. The van der Waals surface area contributed by atoms with Crippen LogP contribution in [0.1, 0.15) is 36.2 Å². The van der Waals surface area contributed by atoms with Crippen molar-refractivity contribution in [1.82, 2.24) is 10.3 Å². The Hall–Kier alpha value is -1.70. The molecule has 0 aliphatic heterocycles. The molecule has 0 spiro atoms. The Balaban J connectivity index is 1.95. The molecule has 0 unspecified atom stereocenters. The predicted molar refractivity (Wildman–Crippen MR) is 82.6 cm³/mol. The molecule has 4 nitrogen and oxygen atoms in total. The molecule has 0 bridgehead atoms. The molecule has 1 amide bonds. The fraction of sp³-hybridized carbons (Fsp3) is 0.333. The number of fused-ring (bicyclic) bond motifs is 1. The monoisotopic (exact) mass is 321 g/mol. The number of carbonyl (C=O) groups is 1. The molecular weight excluding hydrogens is 309 g/mol. The molecule has 1 aliphatic rings. The minimum atomic E-state index is -0.769. The van der Waals surface area contributed by atoms with Gasteiger partial charge in [0.1, 0.15) is 11.2 Å². The zero-order valence-corrected chi connectivity index (χ0v) is 12.7. The van der Waals surface area contributed by atoms with Gasteiger partial charge in [-0.1, -0.05) is 23.2 Å². The van der Waals surface area contributed by atoms with E-state index in [1.807, 2.05) is 0 Å². The maximum absolute atomic E-state index is 12.4. The summed E-state index contributed by atoms with van der Waals surface area (Å²) in [6.07, 6.45) is 3.26. The Morgan fingerprint density at radius 1 is 1.33 bits per heavy atom. The standard InChI is InChI=1S/C15H13Cl2N3O/c16-9-3-4-11-10(7-9)12(17)13(19-11)14(21)20-15(8-18)5-1-2-6-15/h3-4,7,19H,1-2,5-6H2,(H,20,21). The maximum Gasteiger partial charge on any atom is 0.270 e. The fourth-order valence-corrected chi connectivity index (χ4v) is 3.27. The van der Waals surface area contributed by atoms with E-state index in [1.165, 1.54) is 0 Å². The van der Waals surface area contributed by atoms with Gasteiger partial charge in [0.25, 0.3) is 5.91 Å². The van der Waals surface area contributed by atoms with E-state index in [-0.39, 0.29) is 11.6 Å². The van der Waals surface area contributed by atoms with E-state index in [4.69, 9.17) is 23.2 Å². The Morgan fingerprint density at radius 3 is 2.71 bits per heavy atom. The summed E-state index contributed by atoms with van der Waals surface area (Å²) in [5.41, 5.74) is 0.248. The summed E-state index contributed by atoms with van der Waals surface area (Å²) >= 11 is 12.2. The number of nitrogens with zero attached hydrogens (tertiary/aromatic N) is 1. The van der Waals surface area contributed by atoms with Crippen molar-refractivity contribution in [3.05, 3.63) is 33.9 Å². The van der Waals surface area contributed by atoms with Crippen molar-refractivity contribution >= 4 is 40.0 Å². The van der Waals surface area contributed by atoms with Gasteiger partial charge in [-0.3, -0.25) is 4.79 Å². The van der Waals surface area contributed by atoms with Gasteiger partial charge in [0.15, 0.2) is 0 Å². The Kier molecular flexibility index (Phi) is 3.56. The highest BCUT2D eigenvalue weighted by molar-refractivity contribution is 6.39. The summed E-state index contributed by atoms with van der Waals surface area (Å²) in [6, 6.07) is 7.44. The van der Waals surface area contributed by atoms with Crippen LogP contribution in [0, 0.1) is 11.3 Å². The molecule has 1 heterocycles. The van der Waals surface area contributed by atoms with Gasteiger partial charge < -0.3 is 10.3 Å². The molecular formula is C15H13Cl2N3O. The molecule has 1 aliphatic carbocycles. The molecule has 3 rings (SSSR count). The number of aromatic amines is 1. The average molecular weight is 322 g/mol. The Morgan fingerprint density at radius 2 is 2.05 bits per heavy atom. The van der Waals surface area contributed by atoms with E-state index in [0.29, 0.717) is 28.3 Å². The molecule has 6 heteroatoms. The van der Waals surface area contributed by atoms with Gasteiger partial charge in [0.05, 0.1) is 11.1 Å². The third-order valence-electron chi connectivity index (χ3n) is 3.95. The van der Waals surface area contributed by atoms with Gasteiger partial charge in [-0.25, -0.2) is 0 Å². The van der Waals surface area contributed by atoms with Crippen LogP contribution in [0.5, 0.6) is 0 Å². The summed E-state index contributed by atoms with van der Waals surface area (Å²) < 4.78 is 0. The quantitative estimate of drug-likeness (QED) is 0.876. The van der Waals surface area contributed by atoms with Crippen LogP contribution in [0.15, 0.2) is 18.2 Å². The van der Waals surface area contributed by atoms with Gasteiger partial charge in [-0.2, -0.15) is 5.26 Å². The molecule has 2 aromatic rings. The zero-order chi connectivity index (χ0) is 15.0. The first-order chi connectivity index (χ1) is 10.0. The van der Waals surface area contributed by atoms with Gasteiger partial charge in [-0.05, 0) is 43.9 Å². The third-order valence-corrected chi connectivity index (χ3v) is 4.58. The number of nitriles is 1. The second-order valence-corrected chi connectivity index (χ2v) is 6.17. The number of hydrogen-bond acceptors (Lipinski definition) is 2. The number of carbonyl (C=O) groups excluding carboxylic acids is 1. The van der Waals surface area contributed by atoms with Crippen molar-refractivity contribution in [2.24, 2.45) is 0 Å². The molecule has 21 heavy (non-hydrogen) atoms. The molecule has 1 aromatic carbocycles. The number of rotatable bonds is 2. The van der Waals surface area contributed by atoms with Crippen molar-refractivity contribution in [3.8, 4) is 6.07 Å². The number of halogens is 2. The SMILES string of the molecule is N#CC1(NC(=O)c2[nH]c3ccc(Cl)cc3c2Cl)CCCC1. The smallest absolute Gasteiger partial charge is 0.270 e. The van der Waals surface area contributed by atoms with Crippen LogP contribution < -0.4 is 5.32 Å². The molecule has 2 N–H and O–H groups in total. The van der Waals surface area contributed by atoms with E-state index < -0.39 is 5.54 Å². The van der Waals surface area contributed by atoms with Gasteiger partial charge in [0, 0.05) is 15.9 Å². The minimum absolute atomic E-state index is 0.274. The summed E-state index contributed by atoms with van der Waals surface area (Å²) in [5, 5.41) is 13.7. The number of H-pyrrole nitrogens is 1. The van der Waals surface area contributed by atoms with Crippen molar-refractivity contribution in [3.63, 3.8) is 0 Å². The van der Waals surface area contributed by atoms with Crippen LogP contribution in [0.3, 0.4) is 0 Å². The Labute approximate surface area is 132 Å². The number of amides is 1.